The van der Waals surface area contributed by atoms with E-state index in [0.29, 0.717) is 12.1 Å². The van der Waals surface area contributed by atoms with Crippen LogP contribution in [0, 0.1) is 5.41 Å². The van der Waals surface area contributed by atoms with Gasteiger partial charge in [-0.3, -0.25) is 0 Å². The first-order valence-electron chi connectivity index (χ1n) is 9.29. The topological polar surface area (TPSA) is 74.9 Å². The molecular weight excluding hydrogens is 358 g/mol. The van der Waals surface area contributed by atoms with Gasteiger partial charge in [0.25, 0.3) is 0 Å². The van der Waals surface area contributed by atoms with Gasteiger partial charge < -0.3 is 18.9 Å². The molecule has 0 aliphatic heterocycles. The second kappa shape index (κ2) is 7.66. The molecule has 7 nitrogen and oxygen atoms in total. The first kappa shape index (κ1) is 19.9. The lowest BCUT2D eigenvalue weighted by Gasteiger charge is -2.41. The lowest BCUT2D eigenvalue weighted by atomic mass is 9.69. The zero-order chi connectivity index (χ0) is 20.5. The van der Waals surface area contributed by atoms with Gasteiger partial charge in [0.05, 0.1) is 37.5 Å². The molecule has 0 spiro atoms. The van der Waals surface area contributed by atoms with Gasteiger partial charge in [-0.05, 0) is 43.0 Å². The Morgan fingerprint density at radius 2 is 2.07 bits per heavy atom. The molecule has 1 aliphatic carbocycles. The van der Waals surface area contributed by atoms with Crippen LogP contribution in [0.1, 0.15) is 61.8 Å². The summed E-state index contributed by atoms with van der Waals surface area (Å²) >= 11 is 0. The predicted octanol–water partition coefficient (Wildman–Crippen LogP) is 3.83. The molecule has 0 radical (unpaired) electrons. The molecule has 0 bridgehead atoms. The van der Waals surface area contributed by atoms with E-state index < -0.39 is 0 Å². The highest BCUT2D eigenvalue weighted by Gasteiger charge is 2.42. The number of oxime groups is 1. The van der Waals surface area contributed by atoms with Gasteiger partial charge in [0, 0.05) is 12.0 Å². The number of hydrogen-bond donors (Lipinski definition) is 0. The van der Waals surface area contributed by atoms with Crippen molar-refractivity contribution in [3.8, 4) is 5.75 Å². The summed E-state index contributed by atoms with van der Waals surface area (Å²) in [6, 6.07) is 5.73. The van der Waals surface area contributed by atoms with Gasteiger partial charge in [0.2, 0.25) is 0 Å². The largest absolute Gasteiger partial charge is 0.497 e. The van der Waals surface area contributed by atoms with Crippen LogP contribution >= 0.6 is 0 Å². The predicted molar refractivity (Wildman–Crippen MR) is 106 cm³/mol. The van der Waals surface area contributed by atoms with E-state index in [1.807, 2.05) is 36.6 Å². The van der Waals surface area contributed by atoms with Crippen LogP contribution in [0.25, 0.3) is 0 Å². The van der Waals surface area contributed by atoms with Crippen LogP contribution in [0.15, 0.2) is 35.9 Å². The second-order valence-corrected chi connectivity index (χ2v) is 7.88. The molecule has 0 unspecified atom stereocenters. The molecule has 150 valence electrons. The van der Waals surface area contributed by atoms with Crippen molar-refractivity contribution in [1.82, 2.24) is 9.55 Å². The van der Waals surface area contributed by atoms with Crippen LogP contribution in [0.4, 0.5) is 0 Å². The average molecular weight is 385 g/mol. The van der Waals surface area contributed by atoms with Crippen molar-refractivity contribution in [1.29, 1.82) is 0 Å². The standard InChI is InChI=1S/C21H27N3O4/c1-13(2)28-20(25)18-11-22-12-24(18)19-16-9-14(26-5)7-8-15(16)17(23-27-6)10-21(19,3)4/h7-9,11-13,19H,10H2,1-6H3/b23-17+/t19-/m0/s1. The Balaban J connectivity index is 2.18. The lowest BCUT2D eigenvalue weighted by molar-refractivity contribution is 0.0359. The zero-order valence-corrected chi connectivity index (χ0v) is 17.2. The van der Waals surface area contributed by atoms with Gasteiger partial charge in [0.1, 0.15) is 18.6 Å². The van der Waals surface area contributed by atoms with Crippen LogP contribution in [-0.4, -0.2) is 41.6 Å². The number of aromatic nitrogens is 2. The van der Waals surface area contributed by atoms with Crippen LogP contribution in [0.2, 0.25) is 0 Å². The van der Waals surface area contributed by atoms with E-state index in [9.17, 15) is 4.79 Å². The molecule has 1 heterocycles. The number of carbonyl (C=O) groups excluding carboxylic acids is 1. The number of hydrogen-bond acceptors (Lipinski definition) is 6. The van der Waals surface area contributed by atoms with E-state index in [2.05, 4.69) is 24.0 Å². The van der Waals surface area contributed by atoms with Crippen molar-refractivity contribution in [3.63, 3.8) is 0 Å². The summed E-state index contributed by atoms with van der Waals surface area (Å²) in [6.45, 7) is 7.94. The molecule has 1 atom stereocenters. The van der Waals surface area contributed by atoms with E-state index in [0.717, 1.165) is 22.6 Å². The molecule has 0 saturated heterocycles. The van der Waals surface area contributed by atoms with Gasteiger partial charge in [0.15, 0.2) is 0 Å². The van der Waals surface area contributed by atoms with Gasteiger partial charge in [-0.1, -0.05) is 19.0 Å². The summed E-state index contributed by atoms with van der Waals surface area (Å²) in [4.78, 5) is 22.0. The summed E-state index contributed by atoms with van der Waals surface area (Å²) < 4.78 is 12.8. The van der Waals surface area contributed by atoms with Crippen LogP contribution in [0.3, 0.4) is 0 Å². The SMILES string of the molecule is CO/N=C1\CC(C)(C)[C@@H](n2cncc2C(=O)OC(C)C)c2cc(OC)ccc21. The van der Waals surface area contributed by atoms with E-state index in [1.54, 1.807) is 26.7 Å². The van der Waals surface area contributed by atoms with Crippen LogP contribution < -0.4 is 4.74 Å². The molecule has 0 amide bonds. The van der Waals surface area contributed by atoms with E-state index >= 15 is 0 Å². The fraction of sp³-hybridized carbons (Fsp3) is 0.476. The molecule has 1 aromatic carbocycles. The highest BCUT2D eigenvalue weighted by atomic mass is 16.6. The Morgan fingerprint density at radius 1 is 1.32 bits per heavy atom. The zero-order valence-electron chi connectivity index (χ0n) is 17.2. The molecule has 0 fully saturated rings. The molecule has 1 aromatic heterocycles. The Labute approximate surface area is 165 Å². The fourth-order valence-corrected chi connectivity index (χ4v) is 3.86. The number of esters is 1. The lowest BCUT2D eigenvalue weighted by Crippen LogP contribution is -2.37. The minimum atomic E-state index is -0.385. The smallest absolute Gasteiger partial charge is 0.356 e. The summed E-state index contributed by atoms with van der Waals surface area (Å²) in [5, 5.41) is 4.25. The summed E-state index contributed by atoms with van der Waals surface area (Å²) in [5.74, 6) is 0.355. The minimum absolute atomic E-state index is 0.148. The van der Waals surface area contributed by atoms with Gasteiger partial charge in [-0.2, -0.15) is 0 Å². The van der Waals surface area contributed by atoms with Gasteiger partial charge >= 0.3 is 5.97 Å². The minimum Gasteiger partial charge on any atom is -0.497 e. The summed E-state index contributed by atoms with van der Waals surface area (Å²) in [5.41, 5.74) is 3.01. The summed E-state index contributed by atoms with van der Waals surface area (Å²) in [7, 11) is 3.18. The van der Waals surface area contributed by atoms with Crippen molar-refractivity contribution in [2.75, 3.05) is 14.2 Å². The number of nitrogens with zero attached hydrogens (tertiary/aromatic N) is 3. The maximum Gasteiger partial charge on any atom is 0.356 e. The molecule has 2 aromatic rings. The maximum atomic E-state index is 12.6. The van der Waals surface area contributed by atoms with E-state index in [4.69, 9.17) is 14.3 Å². The Hall–Kier alpha value is -2.83. The normalized spacial score (nSPS) is 19.4. The number of imidazole rings is 1. The highest BCUT2D eigenvalue weighted by molar-refractivity contribution is 6.03. The van der Waals surface area contributed by atoms with Gasteiger partial charge in [-0.25, -0.2) is 9.78 Å². The molecule has 0 N–H and O–H groups in total. The monoisotopic (exact) mass is 385 g/mol. The van der Waals surface area contributed by atoms with Crippen molar-refractivity contribution >= 4 is 11.7 Å². The number of benzene rings is 1. The number of fused-ring (bicyclic) bond motifs is 1. The first-order chi connectivity index (χ1) is 13.3. The Morgan fingerprint density at radius 3 is 2.71 bits per heavy atom. The molecule has 0 saturated carbocycles. The number of ether oxygens (including phenoxy) is 2. The molecule has 7 heteroatoms. The third-order valence-electron chi connectivity index (χ3n) is 4.93. The first-order valence-corrected chi connectivity index (χ1v) is 9.29. The fourth-order valence-electron chi connectivity index (χ4n) is 3.86. The maximum absolute atomic E-state index is 12.6. The Kier molecular flexibility index (Phi) is 5.45. The van der Waals surface area contributed by atoms with E-state index in [-0.39, 0.29) is 23.5 Å². The molecule has 1 aliphatic rings. The van der Waals surface area contributed by atoms with Crippen LogP contribution in [-0.2, 0) is 9.57 Å². The third-order valence-corrected chi connectivity index (χ3v) is 4.93. The van der Waals surface area contributed by atoms with E-state index in [1.165, 1.54) is 0 Å². The van der Waals surface area contributed by atoms with Gasteiger partial charge in [-0.15, -0.1) is 0 Å². The third kappa shape index (κ3) is 3.61. The molecule has 3 rings (SSSR count). The summed E-state index contributed by atoms with van der Waals surface area (Å²) in [6.07, 6.45) is 3.72. The number of methoxy groups -OCH3 is 1. The highest BCUT2D eigenvalue weighted by Crippen LogP contribution is 2.47. The van der Waals surface area contributed by atoms with Crippen molar-refractivity contribution in [2.24, 2.45) is 10.6 Å². The van der Waals surface area contributed by atoms with Crippen molar-refractivity contribution < 1.29 is 19.1 Å². The Bertz CT molecular complexity index is 899. The quantitative estimate of drug-likeness (QED) is 0.578. The number of rotatable bonds is 5. The van der Waals surface area contributed by atoms with Crippen molar-refractivity contribution in [3.05, 3.63) is 47.5 Å². The number of carbonyl (C=O) groups is 1. The van der Waals surface area contributed by atoms with Crippen molar-refractivity contribution in [2.45, 2.75) is 46.3 Å². The molecule has 28 heavy (non-hydrogen) atoms. The average Bonchev–Trinajstić information content (AvgIpc) is 3.09. The van der Waals surface area contributed by atoms with Crippen LogP contribution in [0.5, 0.6) is 5.75 Å². The second-order valence-electron chi connectivity index (χ2n) is 7.88. The molecular formula is C21H27N3O4.